The molecule has 0 fully saturated rings. The summed E-state index contributed by atoms with van der Waals surface area (Å²) < 4.78 is 12.2. The summed E-state index contributed by atoms with van der Waals surface area (Å²) in [5, 5.41) is 3.83. The molecule has 0 aromatic heterocycles. The summed E-state index contributed by atoms with van der Waals surface area (Å²) in [6.07, 6.45) is 12.2. The predicted octanol–water partition coefficient (Wildman–Crippen LogP) is 8.57. The number of unbranched alkanes of at least 4 members (excludes halogenated alkanes) is 8. The summed E-state index contributed by atoms with van der Waals surface area (Å²) in [6, 6.07) is 10.1. The zero-order valence-corrected chi connectivity index (χ0v) is 19.5. The lowest BCUT2D eigenvalue weighted by Crippen LogP contribution is -2.01. The number of rotatable bonds is 15. The van der Waals surface area contributed by atoms with Crippen LogP contribution in [0.4, 0.5) is 0 Å². The van der Waals surface area contributed by atoms with Crippen LogP contribution in [-0.2, 0) is 0 Å². The molecule has 0 spiro atoms. The van der Waals surface area contributed by atoms with E-state index in [9.17, 15) is 0 Å². The van der Waals surface area contributed by atoms with Gasteiger partial charge in [0.15, 0.2) is 0 Å². The molecule has 2 aromatic rings. The highest BCUT2D eigenvalue weighted by Crippen LogP contribution is 2.39. The largest absolute Gasteiger partial charge is 0.493 e. The number of hydrogen-bond donors (Lipinski definition) is 0. The molecule has 0 amide bonds. The van der Waals surface area contributed by atoms with E-state index in [1.54, 1.807) is 0 Å². The van der Waals surface area contributed by atoms with Gasteiger partial charge in [-0.3, -0.25) is 0 Å². The average molecular weight is 470 g/mol. The van der Waals surface area contributed by atoms with Crippen LogP contribution in [0.2, 0.25) is 5.02 Å². The maximum atomic E-state index is 6.56. The Morgan fingerprint density at radius 2 is 1.39 bits per heavy atom. The smallest absolute Gasteiger partial charge is 0.145 e. The molecule has 0 radical (unpaired) electrons. The maximum absolute atomic E-state index is 6.56. The van der Waals surface area contributed by atoms with Gasteiger partial charge in [-0.05, 0) is 19.3 Å². The molecule has 0 atom stereocenters. The fourth-order valence-corrected chi connectivity index (χ4v) is 3.99. The van der Waals surface area contributed by atoms with Gasteiger partial charge in [-0.2, -0.15) is 0 Å². The Balaban J connectivity index is 1.93. The first kappa shape index (κ1) is 23.3. The number of halogens is 2. The molecule has 0 aliphatic rings. The monoisotopic (exact) mass is 468 g/mol. The molecule has 2 aromatic carbocycles. The van der Waals surface area contributed by atoms with E-state index >= 15 is 0 Å². The maximum Gasteiger partial charge on any atom is 0.145 e. The Hall–Kier alpha value is -0.930. The minimum atomic E-state index is 0.638. The first-order valence-corrected chi connectivity index (χ1v) is 12.3. The summed E-state index contributed by atoms with van der Waals surface area (Å²) in [5.41, 5.74) is 0. The van der Waals surface area contributed by atoms with Crippen molar-refractivity contribution < 1.29 is 9.47 Å². The lowest BCUT2D eigenvalue weighted by Gasteiger charge is -2.15. The topological polar surface area (TPSA) is 18.5 Å². The number of hydrogen-bond acceptors (Lipinski definition) is 2. The van der Waals surface area contributed by atoms with Gasteiger partial charge in [0.1, 0.15) is 11.5 Å². The molecule has 2 rings (SSSR count). The molecule has 0 aliphatic carbocycles. The third-order valence-corrected chi connectivity index (χ3v) is 5.78. The van der Waals surface area contributed by atoms with Crippen molar-refractivity contribution in [2.24, 2.45) is 0 Å². The Kier molecular flexibility index (Phi) is 11.8. The molecule has 0 heterocycles. The van der Waals surface area contributed by atoms with E-state index < -0.39 is 0 Å². The Labute approximate surface area is 184 Å². The van der Waals surface area contributed by atoms with Crippen molar-refractivity contribution in [2.45, 2.75) is 71.1 Å². The third kappa shape index (κ3) is 7.83. The van der Waals surface area contributed by atoms with Crippen LogP contribution in [0.3, 0.4) is 0 Å². The van der Waals surface area contributed by atoms with Crippen molar-refractivity contribution in [1.82, 2.24) is 0 Å². The first-order chi connectivity index (χ1) is 13.8. The molecule has 4 heteroatoms. The zero-order chi connectivity index (χ0) is 20.0. The summed E-state index contributed by atoms with van der Waals surface area (Å²) in [5.74, 6) is 1.64. The van der Waals surface area contributed by atoms with Crippen LogP contribution < -0.4 is 9.47 Å². The Bertz CT molecular complexity index is 690. The van der Waals surface area contributed by atoms with E-state index in [-0.39, 0.29) is 0 Å². The SMILES string of the molecule is CCCCCCCCOc1c(Cl)cc(OCCCCCCBr)c2ccccc12. The molecule has 2 nitrogen and oxygen atoms in total. The van der Waals surface area contributed by atoms with E-state index in [1.807, 2.05) is 18.2 Å². The van der Waals surface area contributed by atoms with E-state index in [1.165, 1.54) is 51.4 Å². The van der Waals surface area contributed by atoms with Gasteiger partial charge in [-0.15, -0.1) is 0 Å². The van der Waals surface area contributed by atoms with E-state index in [0.29, 0.717) is 11.6 Å². The van der Waals surface area contributed by atoms with E-state index in [0.717, 1.165) is 47.1 Å². The molecule has 0 N–H and O–H groups in total. The van der Waals surface area contributed by atoms with Crippen LogP contribution in [0.15, 0.2) is 30.3 Å². The second kappa shape index (κ2) is 14.1. The van der Waals surface area contributed by atoms with Crippen molar-refractivity contribution in [3.63, 3.8) is 0 Å². The van der Waals surface area contributed by atoms with Crippen molar-refractivity contribution >= 4 is 38.3 Å². The highest BCUT2D eigenvalue weighted by atomic mass is 79.9. The van der Waals surface area contributed by atoms with Crippen LogP contribution in [0.25, 0.3) is 10.8 Å². The van der Waals surface area contributed by atoms with E-state index in [2.05, 4.69) is 35.0 Å². The molecule has 0 aliphatic heterocycles. The van der Waals surface area contributed by atoms with Crippen molar-refractivity contribution in [3.8, 4) is 11.5 Å². The van der Waals surface area contributed by atoms with E-state index in [4.69, 9.17) is 21.1 Å². The van der Waals surface area contributed by atoms with Gasteiger partial charge in [0.05, 0.1) is 18.2 Å². The van der Waals surface area contributed by atoms with Crippen LogP contribution in [0.5, 0.6) is 11.5 Å². The van der Waals surface area contributed by atoms with Crippen LogP contribution in [-0.4, -0.2) is 18.5 Å². The minimum Gasteiger partial charge on any atom is -0.493 e. The summed E-state index contributed by atoms with van der Waals surface area (Å²) in [4.78, 5) is 0. The number of alkyl halides is 1. The predicted molar refractivity (Wildman–Crippen MR) is 126 cm³/mol. The minimum absolute atomic E-state index is 0.638. The molecule has 0 unspecified atom stereocenters. The fourth-order valence-electron chi connectivity index (χ4n) is 3.34. The molecule has 0 bridgehead atoms. The quantitative estimate of drug-likeness (QED) is 0.192. The van der Waals surface area contributed by atoms with Gasteiger partial charge in [0.2, 0.25) is 0 Å². The lowest BCUT2D eigenvalue weighted by molar-refractivity contribution is 0.302. The Morgan fingerprint density at radius 1 is 0.786 bits per heavy atom. The fraction of sp³-hybridized carbons (Fsp3) is 0.583. The molecule has 156 valence electrons. The molecule has 0 saturated carbocycles. The van der Waals surface area contributed by atoms with Gasteiger partial charge >= 0.3 is 0 Å². The van der Waals surface area contributed by atoms with Crippen LogP contribution in [0.1, 0.15) is 71.1 Å². The second-order valence-electron chi connectivity index (χ2n) is 7.30. The van der Waals surface area contributed by atoms with Crippen LogP contribution in [0, 0.1) is 0 Å². The third-order valence-electron chi connectivity index (χ3n) is 4.94. The normalized spacial score (nSPS) is 11.1. The summed E-state index contributed by atoms with van der Waals surface area (Å²) in [6.45, 7) is 3.68. The molecular formula is C24H34BrClO2. The first-order valence-electron chi connectivity index (χ1n) is 10.8. The van der Waals surface area contributed by atoms with Gasteiger partial charge in [0.25, 0.3) is 0 Å². The van der Waals surface area contributed by atoms with Gasteiger partial charge < -0.3 is 9.47 Å². The lowest BCUT2D eigenvalue weighted by atomic mass is 10.1. The van der Waals surface area contributed by atoms with Gasteiger partial charge in [-0.25, -0.2) is 0 Å². The average Bonchev–Trinajstić information content (AvgIpc) is 2.71. The van der Waals surface area contributed by atoms with Gasteiger partial charge in [0, 0.05) is 22.2 Å². The second-order valence-corrected chi connectivity index (χ2v) is 8.50. The van der Waals surface area contributed by atoms with Crippen LogP contribution >= 0.6 is 27.5 Å². The molecule has 28 heavy (non-hydrogen) atoms. The number of fused-ring (bicyclic) bond motifs is 1. The van der Waals surface area contributed by atoms with Crippen molar-refractivity contribution in [2.75, 3.05) is 18.5 Å². The Morgan fingerprint density at radius 3 is 2.11 bits per heavy atom. The summed E-state index contributed by atoms with van der Waals surface area (Å²) >= 11 is 10.0. The molecular weight excluding hydrogens is 436 g/mol. The standard InChI is InChI=1S/C24H34BrClO2/c1-2-3-4-5-7-13-18-28-24-21-15-10-9-14-20(21)23(19-22(24)26)27-17-12-8-6-11-16-25/h9-10,14-15,19H,2-8,11-13,16-18H2,1H3. The van der Waals surface area contributed by atoms with Gasteiger partial charge in [-0.1, -0.05) is 104 Å². The zero-order valence-electron chi connectivity index (χ0n) is 17.2. The van der Waals surface area contributed by atoms with Crippen molar-refractivity contribution in [3.05, 3.63) is 35.4 Å². The molecule has 0 saturated heterocycles. The highest BCUT2D eigenvalue weighted by Gasteiger charge is 2.13. The summed E-state index contributed by atoms with van der Waals surface area (Å²) in [7, 11) is 0. The highest BCUT2D eigenvalue weighted by molar-refractivity contribution is 9.09. The van der Waals surface area contributed by atoms with Crippen molar-refractivity contribution in [1.29, 1.82) is 0 Å². The number of ether oxygens (including phenoxy) is 2. The number of benzene rings is 2.